The van der Waals surface area contributed by atoms with Crippen LogP contribution in [0.5, 0.6) is 5.75 Å². The first-order valence-electron chi connectivity index (χ1n) is 9.28. The fourth-order valence-corrected chi connectivity index (χ4v) is 4.71. The Balaban J connectivity index is 1.95. The predicted octanol–water partition coefficient (Wildman–Crippen LogP) is 6.00. The fraction of sp³-hybridized carbons (Fsp3) is 0.130. The van der Waals surface area contributed by atoms with Gasteiger partial charge >= 0.3 is 0 Å². The van der Waals surface area contributed by atoms with E-state index >= 15 is 0 Å². The summed E-state index contributed by atoms with van der Waals surface area (Å²) in [6.07, 6.45) is 0. The number of carbonyl (C=O) groups excluding carboxylic acids is 2. The van der Waals surface area contributed by atoms with Gasteiger partial charge in [0.1, 0.15) is 17.6 Å². The van der Waals surface area contributed by atoms with Gasteiger partial charge in [0.05, 0.1) is 17.7 Å². The molecule has 31 heavy (non-hydrogen) atoms. The fourth-order valence-electron chi connectivity index (χ4n) is 3.50. The van der Waals surface area contributed by atoms with Crippen molar-refractivity contribution < 1.29 is 19.4 Å². The molecule has 5 nitrogen and oxygen atoms in total. The van der Waals surface area contributed by atoms with Crippen LogP contribution in [0.2, 0.25) is 10.0 Å². The van der Waals surface area contributed by atoms with Crippen LogP contribution in [0.15, 0.2) is 59.5 Å². The number of benzene rings is 2. The predicted molar refractivity (Wildman–Crippen MR) is 123 cm³/mol. The largest absolute Gasteiger partial charge is 0.507 e. The van der Waals surface area contributed by atoms with Crippen LogP contribution in [0.4, 0.5) is 5.69 Å². The van der Waals surface area contributed by atoms with E-state index in [1.165, 1.54) is 29.4 Å². The van der Waals surface area contributed by atoms with Crippen molar-refractivity contribution in [1.82, 2.24) is 0 Å². The lowest BCUT2D eigenvalue weighted by Gasteiger charge is -2.24. The number of Topliss-reactive ketones (excluding diaryl/α,β-unsaturated/α-hetero) is 1. The second kappa shape index (κ2) is 8.38. The minimum absolute atomic E-state index is 0.0423. The van der Waals surface area contributed by atoms with Gasteiger partial charge in [0.15, 0.2) is 0 Å². The third-order valence-corrected chi connectivity index (χ3v) is 6.78. The molecule has 158 valence electrons. The van der Waals surface area contributed by atoms with Gasteiger partial charge in [-0.05, 0) is 54.3 Å². The molecule has 0 spiro atoms. The Morgan fingerprint density at radius 1 is 1.10 bits per heavy atom. The van der Waals surface area contributed by atoms with E-state index in [0.717, 1.165) is 10.4 Å². The van der Waals surface area contributed by atoms with Crippen LogP contribution in [0.3, 0.4) is 0 Å². The lowest BCUT2D eigenvalue weighted by atomic mass is 9.99. The lowest BCUT2D eigenvalue weighted by Crippen LogP contribution is -2.29. The number of aliphatic hydroxyl groups is 1. The molecule has 1 unspecified atom stereocenters. The zero-order chi connectivity index (χ0) is 22.3. The van der Waals surface area contributed by atoms with Gasteiger partial charge in [-0.1, -0.05) is 35.3 Å². The molecule has 1 aromatic heterocycles. The molecule has 2 aromatic carbocycles. The molecule has 1 aliphatic heterocycles. The summed E-state index contributed by atoms with van der Waals surface area (Å²) in [4.78, 5) is 28.3. The molecule has 0 bridgehead atoms. The lowest BCUT2D eigenvalue weighted by molar-refractivity contribution is -0.132. The average Bonchev–Trinajstić information content (AvgIpc) is 3.37. The minimum Gasteiger partial charge on any atom is -0.507 e. The van der Waals surface area contributed by atoms with Crippen LogP contribution in [0, 0.1) is 6.92 Å². The zero-order valence-electron chi connectivity index (χ0n) is 16.6. The van der Waals surface area contributed by atoms with Crippen molar-refractivity contribution >= 4 is 57.7 Å². The Hall–Kier alpha value is -2.80. The zero-order valence-corrected chi connectivity index (χ0v) is 18.9. The van der Waals surface area contributed by atoms with Crippen LogP contribution in [-0.4, -0.2) is 23.9 Å². The van der Waals surface area contributed by atoms with Gasteiger partial charge in [0.2, 0.25) is 0 Å². The number of hydrogen-bond acceptors (Lipinski definition) is 5. The van der Waals surface area contributed by atoms with Gasteiger partial charge in [0, 0.05) is 21.2 Å². The molecular formula is C23H17Cl2NO4S. The van der Waals surface area contributed by atoms with Crippen LogP contribution < -0.4 is 9.64 Å². The highest BCUT2D eigenvalue weighted by Gasteiger charge is 2.47. The van der Waals surface area contributed by atoms with E-state index < -0.39 is 17.7 Å². The van der Waals surface area contributed by atoms with Gasteiger partial charge in [-0.15, -0.1) is 11.3 Å². The maximum absolute atomic E-state index is 13.1. The number of carbonyl (C=O) groups is 2. The maximum Gasteiger partial charge on any atom is 0.300 e. The van der Waals surface area contributed by atoms with E-state index in [1.807, 2.05) is 24.4 Å². The van der Waals surface area contributed by atoms with Crippen molar-refractivity contribution in [3.63, 3.8) is 0 Å². The third-order valence-electron chi connectivity index (χ3n) is 5.12. The third kappa shape index (κ3) is 3.71. The summed E-state index contributed by atoms with van der Waals surface area (Å²) in [5, 5.41) is 13.7. The van der Waals surface area contributed by atoms with Crippen LogP contribution >= 0.6 is 34.5 Å². The number of anilines is 1. The Labute approximate surface area is 193 Å². The van der Waals surface area contributed by atoms with Crippen LogP contribution in [0.25, 0.3) is 5.76 Å². The second-order valence-corrected chi connectivity index (χ2v) is 8.76. The summed E-state index contributed by atoms with van der Waals surface area (Å²) < 4.78 is 5.22. The van der Waals surface area contributed by atoms with Gasteiger partial charge in [-0.25, -0.2) is 0 Å². The minimum atomic E-state index is -0.818. The van der Waals surface area contributed by atoms with Gasteiger partial charge in [-0.2, -0.15) is 0 Å². The maximum atomic E-state index is 13.1. The number of amides is 1. The highest BCUT2D eigenvalue weighted by Crippen LogP contribution is 2.45. The molecule has 1 amide bonds. The quantitative estimate of drug-likeness (QED) is 0.286. The molecule has 0 radical (unpaired) electrons. The molecule has 0 aliphatic carbocycles. The van der Waals surface area contributed by atoms with Crippen molar-refractivity contribution in [2.24, 2.45) is 0 Å². The van der Waals surface area contributed by atoms with Crippen molar-refractivity contribution in [2.75, 3.05) is 12.0 Å². The number of ketones is 1. The molecule has 0 saturated carbocycles. The molecule has 1 fully saturated rings. The number of hydrogen-bond donors (Lipinski definition) is 1. The number of halogens is 2. The molecular weight excluding hydrogens is 457 g/mol. The molecule has 4 rings (SSSR count). The van der Waals surface area contributed by atoms with Gasteiger partial charge < -0.3 is 9.84 Å². The topological polar surface area (TPSA) is 66.8 Å². The monoisotopic (exact) mass is 473 g/mol. The molecule has 1 N–H and O–H groups in total. The van der Waals surface area contributed by atoms with Crippen molar-refractivity contribution in [1.29, 1.82) is 0 Å². The first-order chi connectivity index (χ1) is 14.8. The standard InChI is InChI=1S/C23H17Cl2NO4S/c1-12-5-6-13(10-17(12)25)26-20(18-4-3-9-31-18)19(22(28)23(26)29)21(27)15-11-14(30-2)7-8-16(15)24/h3-11,20,27H,1-2H3/b21-19-. The smallest absolute Gasteiger partial charge is 0.300 e. The summed E-state index contributed by atoms with van der Waals surface area (Å²) in [6, 6.07) is 12.7. The normalized spacial score (nSPS) is 17.9. The Morgan fingerprint density at radius 3 is 2.52 bits per heavy atom. The summed E-state index contributed by atoms with van der Waals surface area (Å²) in [7, 11) is 1.48. The summed E-state index contributed by atoms with van der Waals surface area (Å²) in [5.74, 6) is -1.45. The number of aryl methyl sites for hydroxylation is 1. The van der Waals surface area contributed by atoms with E-state index in [9.17, 15) is 14.7 Å². The number of methoxy groups -OCH3 is 1. The van der Waals surface area contributed by atoms with Crippen LogP contribution in [-0.2, 0) is 9.59 Å². The molecule has 1 aliphatic rings. The molecule has 8 heteroatoms. The number of aliphatic hydroxyl groups excluding tert-OH is 1. The van der Waals surface area contributed by atoms with Crippen molar-refractivity contribution in [3.8, 4) is 5.75 Å². The highest BCUT2D eigenvalue weighted by molar-refractivity contribution is 7.10. The van der Waals surface area contributed by atoms with E-state index in [2.05, 4.69) is 0 Å². The highest BCUT2D eigenvalue weighted by atomic mass is 35.5. The van der Waals surface area contributed by atoms with E-state index in [4.69, 9.17) is 27.9 Å². The molecule has 1 saturated heterocycles. The van der Waals surface area contributed by atoms with E-state index in [0.29, 0.717) is 16.5 Å². The first-order valence-corrected chi connectivity index (χ1v) is 10.9. The number of rotatable bonds is 4. The SMILES string of the molecule is COc1ccc(Cl)c(/C(O)=C2/C(=O)C(=O)N(c3ccc(C)c(Cl)c3)C2c2cccs2)c1. The molecule has 3 aromatic rings. The van der Waals surface area contributed by atoms with Crippen LogP contribution in [0.1, 0.15) is 22.0 Å². The van der Waals surface area contributed by atoms with Crippen molar-refractivity contribution in [3.05, 3.63) is 85.5 Å². The second-order valence-electron chi connectivity index (χ2n) is 6.96. The Morgan fingerprint density at radius 2 is 1.87 bits per heavy atom. The Bertz CT molecular complexity index is 1220. The van der Waals surface area contributed by atoms with Gasteiger partial charge in [-0.3, -0.25) is 14.5 Å². The summed E-state index contributed by atoms with van der Waals surface area (Å²) >= 11 is 14.0. The number of thiophene rings is 1. The number of nitrogens with zero attached hydrogens (tertiary/aromatic N) is 1. The Kier molecular flexibility index (Phi) is 5.79. The molecule has 1 atom stereocenters. The molecule has 2 heterocycles. The summed E-state index contributed by atoms with van der Waals surface area (Å²) in [6.45, 7) is 1.85. The van der Waals surface area contributed by atoms with E-state index in [-0.39, 0.29) is 21.9 Å². The average molecular weight is 474 g/mol. The number of ether oxygens (including phenoxy) is 1. The first kappa shape index (κ1) is 21.4. The summed E-state index contributed by atoms with van der Waals surface area (Å²) in [5.41, 5.74) is 1.48. The van der Waals surface area contributed by atoms with Gasteiger partial charge in [0.25, 0.3) is 11.7 Å². The van der Waals surface area contributed by atoms with E-state index in [1.54, 1.807) is 30.3 Å². The van der Waals surface area contributed by atoms with Crippen molar-refractivity contribution in [2.45, 2.75) is 13.0 Å².